The fraction of sp³-hybridized carbons (Fsp3) is 0.133. The molecule has 1 atom stereocenters. The second-order valence-electron chi connectivity index (χ2n) is 4.45. The number of hydrogen-bond acceptors (Lipinski definition) is 2. The average molecular weight is 359 g/mol. The number of benzene rings is 2. The maximum Gasteiger partial charge on any atom is 0.320 e. The fourth-order valence-corrected chi connectivity index (χ4v) is 2.05. The van der Waals surface area contributed by atoms with Crippen LogP contribution in [0.5, 0.6) is 0 Å². The minimum Gasteiger partial charge on any atom is -0.362 e. The minimum absolute atomic E-state index is 0.481. The van der Waals surface area contributed by atoms with Crippen LogP contribution in [0.2, 0.25) is 0 Å². The molecule has 0 aromatic heterocycles. The molecule has 2 amide bonds. The van der Waals surface area contributed by atoms with Crippen LogP contribution in [-0.4, -0.2) is 16.0 Å². The SMILES string of the molecule is O=C(Nc1ccccc1)N[C@@H](Nc1ccccc1)C(Cl)(Cl)Cl. The lowest BCUT2D eigenvalue weighted by Crippen LogP contribution is -2.50. The lowest BCUT2D eigenvalue weighted by atomic mass is 10.3. The Morgan fingerprint density at radius 3 is 1.86 bits per heavy atom. The van der Waals surface area contributed by atoms with E-state index < -0.39 is 16.0 Å². The van der Waals surface area contributed by atoms with Gasteiger partial charge in [-0.15, -0.1) is 0 Å². The van der Waals surface area contributed by atoms with E-state index in [-0.39, 0.29) is 0 Å². The van der Waals surface area contributed by atoms with Crippen molar-refractivity contribution in [3.8, 4) is 0 Å². The molecule has 2 aromatic rings. The van der Waals surface area contributed by atoms with E-state index in [1.165, 1.54) is 0 Å². The molecule has 4 nitrogen and oxygen atoms in total. The number of alkyl halides is 3. The van der Waals surface area contributed by atoms with Gasteiger partial charge in [-0.2, -0.15) is 0 Å². The number of halogens is 3. The molecule has 3 N–H and O–H groups in total. The van der Waals surface area contributed by atoms with Crippen LogP contribution in [0.25, 0.3) is 0 Å². The Morgan fingerprint density at radius 1 is 0.864 bits per heavy atom. The first kappa shape index (κ1) is 16.7. The summed E-state index contributed by atoms with van der Waals surface area (Å²) in [5, 5.41) is 8.23. The molecule has 0 saturated heterocycles. The van der Waals surface area contributed by atoms with Crippen molar-refractivity contribution < 1.29 is 4.79 Å². The molecule has 0 aliphatic carbocycles. The van der Waals surface area contributed by atoms with Crippen LogP contribution in [-0.2, 0) is 0 Å². The van der Waals surface area contributed by atoms with E-state index in [0.717, 1.165) is 5.69 Å². The third kappa shape index (κ3) is 5.30. The molecule has 22 heavy (non-hydrogen) atoms. The quantitative estimate of drug-likeness (QED) is 0.552. The van der Waals surface area contributed by atoms with Gasteiger partial charge in [0.1, 0.15) is 6.17 Å². The molecule has 0 aliphatic heterocycles. The molecule has 7 heteroatoms. The van der Waals surface area contributed by atoms with Crippen LogP contribution < -0.4 is 16.0 Å². The van der Waals surface area contributed by atoms with E-state index in [1.54, 1.807) is 24.3 Å². The van der Waals surface area contributed by atoms with Gasteiger partial charge in [-0.3, -0.25) is 0 Å². The van der Waals surface area contributed by atoms with Gasteiger partial charge in [0, 0.05) is 11.4 Å². The first-order chi connectivity index (χ1) is 10.4. The Bertz CT molecular complexity index is 602. The van der Waals surface area contributed by atoms with Crippen LogP contribution in [0.3, 0.4) is 0 Å². The summed E-state index contributed by atoms with van der Waals surface area (Å²) in [5.41, 5.74) is 1.36. The number of rotatable bonds is 4. The van der Waals surface area contributed by atoms with Crippen molar-refractivity contribution >= 4 is 52.2 Å². The summed E-state index contributed by atoms with van der Waals surface area (Å²) >= 11 is 17.8. The molecule has 0 aliphatic rings. The summed E-state index contributed by atoms with van der Waals surface area (Å²) in [6.45, 7) is 0. The summed E-state index contributed by atoms with van der Waals surface area (Å²) in [6.07, 6.45) is -0.899. The van der Waals surface area contributed by atoms with Gasteiger partial charge in [0.25, 0.3) is 0 Å². The van der Waals surface area contributed by atoms with Gasteiger partial charge in [0.15, 0.2) is 0 Å². The Morgan fingerprint density at radius 2 is 1.36 bits per heavy atom. The fourth-order valence-electron chi connectivity index (χ4n) is 1.72. The average Bonchev–Trinajstić information content (AvgIpc) is 2.48. The van der Waals surface area contributed by atoms with Gasteiger partial charge in [-0.1, -0.05) is 71.2 Å². The molecule has 2 rings (SSSR count). The maximum atomic E-state index is 12.0. The molecule has 0 heterocycles. The predicted molar refractivity (Wildman–Crippen MR) is 92.7 cm³/mol. The van der Waals surface area contributed by atoms with E-state index in [9.17, 15) is 4.79 Å². The van der Waals surface area contributed by atoms with Crippen molar-refractivity contribution in [1.82, 2.24) is 5.32 Å². The summed E-state index contributed by atoms with van der Waals surface area (Å²) in [7, 11) is 0. The van der Waals surface area contributed by atoms with E-state index in [0.29, 0.717) is 5.69 Å². The normalized spacial score (nSPS) is 12.3. The van der Waals surface area contributed by atoms with E-state index in [1.807, 2.05) is 36.4 Å². The van der Waals surface area contributed by atoms with Crippen LogP contribution in [0.1, 0.15) is 0 Å². The molecule has 0 radical (unpaired) electrons. The molecular weight excluding hydrogens is 345 g/mol. The maximum absolute atomic E-state index is 12.0. The van der Waals surface area contributed by atoms with E-state index in [4.69, 9.17) is 34.8 Å². The van der Waals surface area contributed by atoms with E-state index >= 15 is 0 Å². The van der Waals surface area contributed by atoms with Crippen molar-refractivity contribution in [2.75, 3.05) is 10.6 Å². The second kappa shape index (κ2) is 7.58. The predicted octanol–water partition coefficient (Wildman–Crippen LogP) is 4.62. The number of amides is 2. The number of urea groups is 1. The van der Waals surface area contributed by atoms with Crippen molar-refractivity contribution in [1.29, 1.82) is 0 Å². The van der Waals surface area contributed by atoms with Gasteiger partial charge >= 0.3 is 6.03 Å². The van der Waals surface area contributed by atoms with Crippen molar-refractivity contribution in [3.05, 3.63) is 60.7 Å². The van der Waals surface area contributed by atoms with Gasteiger partial charge < -0.3 is 16.0 Å². The zero-order valence-electron chi connectivity index (χ0n) is 11.4. The molecule has 0 unspecified atom stereocenters. The lowest BCUT2D eigenvalue weighted by molar-refractivity contribution is 0.249. The third-order valence-electron chi connectivity index (χ3n) is 2.72. The highest BCUT2D eigenvalue weighted by atomic mass is 35.6. The Hall–Kier alpha value is -1.62. The number of para-hydroxylation sites is 2. The number of anilines is 2. The molecule has 116 valence electrons. The summed E-state index contributed by atoms with van der Waals surface area (Å²) in [5.74, 6) is 0. The number of carbonyl (C=O) groups is 1. The van der Waals surface area contributed by atoms with Gasteiger partial charge in [-0.05, 0) is 24.3 Å². The molecule has 0 fully saturated rings. The zero-order valence-corrected chi connectivity index (χ0v) is 13.7. The van der Waals surface area contributed by atoms with Gasteiger partial charge in [0.2, 0.25) is 3.79 Å². The minimum atomic E-state index is -1.72. The van der Waals surface area contributed by atoms with Gasteiger partial charge in [-0.25, -0.2) is 4.79 Å². The topological polar surface area (TPSA) is 53.2 Å². The van der Waals surface area contributed by atoms with Crippen molar-refractivity contribution in [3.63, 3.8) is 0 Å². The number of nitrogens with one attached hydrogen (secondary N) is 3. The summed E-state index contributed by atoms with van der Waals surface area (Å²) in [6, 6.07) is 17.7. The van der Waals surface area contributed by atoms with Crippen LogP contribution >= 0.6 is 34.8 Å². The van der Waals surface area contributed by atoms with Crippen LogP contribution in [0.4, 0.5) is 16.2 Å². The largest absolute Gasteiger partial charge is 0.362 e. The highest BCUT2D eigenvalue weighted by molar-refractivity contribution is 6.68. The molecule has 0 saturated carbocycles. The Labute approximate surface area is 143 Å². The highest BCUT2D eigenvalue weighted by Crippen LogP contribution is 2.31. The molecule has 0 spiro atoms. The molecule has 2 aromatic carbocycles. The number of hydrogen-bond donors (Lipinski definition) is 3. The summed E-state index contributed by atoms with van der Waals surface area (Å²) in [4.78, 5) is 12.0. The molecular formula is C15H14Cl3N3O. The smallest absolute Gasteiger partial charge is 0.320 e. The van der Waals surface area contributed by atoms with Crippen molar-refractivity contribution in [2.24, 2.45) is 0 Å². The second-order valence-corrected chi connectivity index (χ2v) is 6.82. The first-order valence-electron chi connectivity index (χ1n) is 6.46. The van der Waals surface area contributed by atoms with Crippen molar-refractivity contribution in [2.45, 2.75) is 9.96 Å². The first-order valence-corrected chi connectivity index (χ1v) is 7.59. The van der Waals surface area contributed by atoms with Crippen LogP contribution in [0, 0.1) is 0 Å². The third-order valence-corrected chi connectivity index (χ3v) is 3.37. The Kier molecular flexibility index (Phi) is 5.77. The molecule has 0 bridgehead atoms. The Balaban J connectivity index is 2.02. The lowest BCUT2D eigenvalue weighted by Gasteiger charge is -2.27. The zero-order chi connectivity index (χ0) is 16.0. The number of carbonyl (C=O) groups excluding carboxylic acids is 1. The monoisotopic (exact) mass is 357 g/mol. The standard InChI is InChI=1S/C15H14Cl3N3O/c16-15(17,18)13(19-11-7-3-1-4-8-11)21-14(22)20-12-9-5-2-6-10-12/h1-10,13,19H,(H2,20,21,22)/t13-/m1/s1. The summed E-state index contributed by atoms with van der Waals surface area (Å²) < 4.78 is -1.72. The van der Waals surface area contributed by atoms with Gasteiger partial charge in [0.05, 0.1) is 0 Å². The highest BCUT2D eigenvalue weighted by Gasteiger charge is 2.34. The van der Waals surface area contributed by atoms with Crippen LogP contribution in [0.15, 0.2) is 60.7 Å². The van der Waals surface area contributed by atoms with E-state index in [2.05, 4.69) is 16.0 Å².